The van der Waals surface area contributed by atoms with Gasteiger partial charge in [-0.1, -0.05) is 41.0 Å². The van der Waals surface area contributed by atoms with Gasteiger partial charge in [0.2, 0.25) is 5.91 Å². The fourth-order valence-electron chi connectivity index (χ4n) is 2.01. The largest absolute Gasteiger partial charge is 0.345 e. The number of hydrogen-bond donors (Lipinski definition) is 1. The SMILES string of the molecule is CCC(C)CN(C)C(=O)C(CN)CC(C)(C)C. The molecule has 0 fully saturated rings. The number of carbonyl (C=O) groups excluding carboxylic acids is 1. The lowest BCUT2D eigenvalue weighted by Gasteiger charge is -2.29. The Kier molecular flexibility index (Phi) is 6.76. The molecular weight excluding hydrogens is 212 g/mol. The van der Waals surface area contributed by atoms with Gasteiger partial charge in [0.15, 0.2) is 0 Å². The first-order valence-electron chi connectivity index (χ1n) is 6.66. The highest BCUT2D eigenvalue weighted by atomic mass is 16.2. The van der Waals surface area contributed by atoms with E-state index in [0.29, 0.717) is 12.5 Å². The Morgan fingerprint density at radius 1 is 1.35 bits per heavy atom. The molecule has 0 aliphatic carbocycles. The second-order valence-electron chi connectivity index (χ2n) is 6.43. The van der Waals surface area contributed by atoms with Crippen molar-refractivity contribution in [1.82, 2.24) is 4.90 Å². The predicted molar refractivity (Wildman–Crippen MR) is 73.7 cm³/mol. The number of hydrogen-bond acceptors (Lipinski definition) is 2. The summed E-state index contributed by atoms with van der Waals surface area (Å²) in [5.74, 6) is 0.712. The van der Waals surface area contributed by atoms with E-state index in [9.17, 15) is 4.79 Å². The number of nitrogens with two attached hydrogens (primary N) is 1. The minimum atomic E-state index is -0.0379. The zero-order valence-corrected chi connectivity index (χ0v) is 12.4. The first kappa shape index (κ1) is 16.4. The molecule has 0 aliphatic heterocycles. The molecular formula is C14H30N2O. The van der Waals surface area contributed by atoms with Crippen LogP contribution >= 0.6 is 0 Å². The van der Waals surface area contributed by atoms with Crippen molar-refractivity contribution in [3.8, 4) is 0 Å². The molecule has 3 heteroatoms. The monoisotopic (exact) mass is 242 g/mol. The Bertz CT molecular complexity index is 233. The van der Waals surface area contributed by atoms with Gasteiger partial charge in [-0.3, -0.25) is 4.79 Å². The minimum absolute atomic E-state index is 0.0379. The standard InChI is InChI=1S/C14H30N2O/c1-7-11(2)10-16(6)13(17)12(9-15)8-14(3,4)5/h11-12H,7-10,15H2,1-6H3. The summed E-state index contributed by atoms with van der Waals surface area (Å²) in [4.78, 5) is 14.1. The van der Waals surface area contributed by atoms with Gasteiger partial charge in [0.25, 0.3) is 0 Å². The first-order chi connectivity index (χ1) is 7.71. The van der Waals surface area contributed by atoms with Crippen LogP contribution in [0.1, 0.15) is 47.5 Å². The zero-order chi connectivity index (χ0) is 13.6. The van der Waals surface area contributed by atoms with Gasteiger partial charge in [0.05, 0.1) is 5.92 Å². The van der Waals surface area contributed by atoms with Gasteiger partial charge in [0, 0.05) is 20.1 Å². The zero-order valence-electron chi connectivity index (χ0n) is 12.4. The van der Waals surface area contributed by atoms with Crippen LogP contribution in [-0.2, 0) is 4.79 Å². The van der Waals surface area contributed by atoms with Crippen molar-refractivity contribution in [2.75, 3.05) is 20.1 Å². The summed E-state index contributed by atoms with van der Waals surface area (Å²) in [6.45, 7) is 12.0. The number of amides is 1. The van der Waals surface area contributed by atoms with E-state index < -0.39 is 0 Å². The third-order valence-electron chi connectivity index (χ3n) is 3.15. The van der Waals surface area contributed by atoms with Crippen LogP contribution < -0.4 is 5.73 Å². The quantitative estimate of drug-likeness (QED) is 0.778. The highest BCUT2D eigenvalue weighted by Gasteiger charge is 2.26. The van der Waals surface area contributed by atoms with E-state index in [0.717, 1.165) is 19.4 Å². The maximum atomic E-state index is 12.2. The Morgan fingerprint density at radius 3 is 2.24 bits per heavy atom. The van der Waals surface area contributed by atoms with Crippen LogP contribution in [0.3, 0.4) is 0 Å². The number of rotatable bonds is 6. The Hall–Kier alpha value is -0.570. The van der Waals surface area contributed by atoms with Gasteiger partial charge in [-0.2, -0.15) is 0 Å². The second-order valence-corrected chi connectivity index (χ2v) is 6.43. The van der Waals surface area contributed by atoms with Gasteiger partial charge in [-0.25, -0.2) is 0 Å². The van der Waals surface area contributed by atoms with Crippen LogP contribution in [0.25, 0.3) is 0 Å². The molecule has 2 N–H and O–H groups in total. The van der Waals surface area contributed by atoms with Crippen molar-refractivity contribution in [2.45, 2.75) is 47.5 Å². The van der Waals surface area contributed by atoms with Crippen molar-refractivity contribution in [3.63, 3.8) is 0 Å². The number of carbonyl (C=O) groups is 1. The van der Waals surface area contributed by atoms with E-state index in [1.54, 1.807) is 0 Å². The van der Waals surface area contributed by atoms with E-state index in [1.165, 1.54) is 0 Å². The molecule has 2 atom stereocenters. The van der Waals surface area contributed by atoms with Crippen molar-refractivity contribution in [3.05, 3.63) is 0 Å². The molecule has 0 spiro atoms. The van der Waals surface area contributed by atoms with E-state index in [4.69, 9.17) is 5.73 Å². The minimum Gasteiger partial charge on any atom is -0.345 e. The molecule has 0 radical (unpaired) electrons. The maximum absolute atomic E-state index is 12.2. The third kappa shape index (κ3) is 6.67. The molecule has 102 valence electrons. The van der Waals surface area contributed by atoms with Gasteiger partial charge in [0.1, 0.15) is 0 Å². The van der Waals surface area contributed by atoms with Gasteiger partial charge in [-0.05, 0) is 17.8 Å². The van der Waals surface area contributed by atoms with Crippen LogP contribution in [0.4, 0.5) is 0 Å². The molecule has 0 aliphatic rings. The van der Waals surface area contributed by atoms with Crippen molar-refractivity contribution >= 4 is 5.91 Å². The molecule has 0 bridgehead atoms. The van der Waals surface area contributed by atoms with E-state index in [1.807, 2.05) is 11.9 Å². The number of nitrogens with zero attached hydrogens (tertiary/aromatic N) is 1. The highest BCUT2D eigenvalue weighted by Crippen LogP contribution is 2.25. The molecule has 0 aromatic rings. The summed E-state index contributed by atoms with van der Waals surface area (Å²) in [7, 11) is 1.89. The third-order valence-corrected chi connectivity index (χ3v) is 3.15. The summed E-state index contributed by atoms with van der Waals surface area (Å²) in [6.07, 6.45) is 1.96. The summed E-state index contributed by atoms with van der Waals surface area (Å²) in [5, 5.41) is 0. The molecule has 0 aromatic heterocycles. The highest BCUT2D eigenvalue weighted by molar-refractivity contribution is 5.78. The molecule has 2 unspecified atom stereocenters. The maximum Gasteiger partial charge on any atom is 0.226 e. The van der Waals surface area contributed by atoms with Gasteiger partial charge >= 0.3 is 0 Å². The fraction of sp³-hybridized carbons (Fsp3) is 0.929. The Morgan fingerprint density at radius 2 is 1.88 bits per heavy atom. The van der Waals surface area contributed by atoms with Gasteiger partial charge in [-0.15, -0.1) is 0 Å². The molecule has 0 rings (SSSR count). The summed E-state index contributed by atoms with van der Waals surface area (Å²) in [5.41, 5.74) is 5.88. The lowest BCUT2D eigenvalue weighted by atomic mass is 9.84. The van der Waals surface area contributed by atoms with Crippen molar-refractivity contribution in [2.24, 2.45) is 23.0 Å². The Balaban J connectivity index is 4.43. The molecule has 0 saturated heterocycles. The lowest BCUT2D eigenvalue weighted by molar-refractivity contribution is -0.135. The topological polar surface area (TPSA) is 46.3 Å². The summed E-state index contributed by atoms with van der Waals surface area (Å²) < 4.78 is 0. The fourth-order valence-corrected chi connectivity index (χ4v) is 2.01. The Labute approximate surface area is 107 Å². The molecule has 3 nitrogen and oxygen atoms in total. The first-order valence-corrected chi connectivity index (χ1v) is 6.66. The van der Waals surface area contributed by atoms with Crippen LogP contribution in [-0.4, -0.2) is 30.9 Å². The summed E-state index contributed by atoms with van der Waals surface area (Å²) >= 11 is 0. The molecule has 0 aromatic carbocycles. The average Bonchev–Trinajstić information content (AvgIpc) is 2.23. The molecule has 17 heavy (non-hydrogen) atoms. The normalized spacial score (nSPS) is 15.5. The van der Waals surface area contributed by atoms with Crippen LogP contribution in [0.5, 0.6) is 0 Å². The molecule has 1 amide bonds. The van der Waals surface area contributed by atoms with Gasteiger partial charge < -0.3 is 10.6 Å². The van der Waals surface area contributed by atoms with E-state index in [-0.39, 0.29) is 17.2 Å². The smallest absolute Gasteiger partial charge is 0.226 e. The van der Waals surface area contributed by atoms with E-state index in [2.05, 4.69) is 34.6 Å². The van der Waals surface area contributed by atoms with Crippen molar-refractivity contribution < 1.29 is 4.79 Å². The molecule has 0 saturated carbocycles. The van der Waals surface area contributed by atoms with Crippen molar-refractivity contribution in [1.29, 1.82) is 0 Å². The second kappa shape index (κ2) is 7.00. The van der Waals surface area contributed by atoms with Crippen LogP contribution in [0.15, 0.2) is 0 Å². The lowest BCUT2D eigenvalue weighted by Crippen LogP contribution is -2.40. The van der Waals surface area contributed by atoms with E-state index >= 15 is 0 Å². The molecule has 0 heterocycles. The average molecular weight is 242 g/mol. The van der Waals surface area contributed by atoms with Crippen LogP contribution in [0, 0.1) is 17.3 Å². The van der Waals surface area contributed by atoms with Crippen LogP contribution in [0.2, 0.25) is 0 Å². The predicted octanol–water partition coefficient (Wildman–Crippen LogP) is 2.50. The summed E-state index contributed by atoms with van der Waals surface area (Å²) in [6, 6.07) is 0.